The molecule has 0 saturated carbocycles. The average molecular weight is 425 g/mol. The number of aromatic amines is 1. The first-order valence-corrected chi connectivity index (χ1v) is 10.9. The topological polar surface area (TPSA) is 70.5 Å². The van der Waals surface area contributed by atoms with Gasteiger partial charge in [-0.1, -0.05) is 12.1 Å². The molecule has 7 heteroatoms. The molecule has 4 heterocycles. The fourth-order valence-electron chi connectivity index (χ4n) is 4.37. The summed E-state index contributed by atoms with van der Waals surface area (Å²) in [5.41, 5.74) is 7.15. The molecule has 2 N–H and O–H groups in total. The minimum atomic E-state index is 0.737. The smallest absolute Gasteiger partial charge is 0.180 e. The van der Waals surface area contributed by atoms with E-state index in [-0.39, 0.29) is 0 Å². The van der Waals surface area contributed by atoms with Crippen molar-refractivity contribution in [3.63, 3.8) is 0 Å². The molecule has 5 aromatic rings. The lowest BCUT2D eigenvalue weighted by Crippen LogP contribution is -2.36. The Morgan fingerprint density at radius 3 is 2.72 bits per heavy atom. The molecule has 1 saturated heterocycles. The van der Waals surface area contributed by atoms with Gasteiger partial charge in [0.25, 0.3) is 0 Å². The monoisotopic (exact) mass is 424 g/mol. The Kier molecular flexibility index (Phi) is 4.54. The minimum Gasteiger partial charge on any atom is -0.378 e. The second-order valence-electron chi connectivity index (χ2n) is 8.07. The number of hydrogen-bond acceptors (Lipinski definition) is 5. The van der Waals surface area contributed by atoms with Crippen molar-refractivity contribution in [2.75, 3.05) is 36.5 Å². The Balaban J connectivity index is 1.37. The zero-order chi connectivity index (χ0) is 21.5. The Labute approximate surface area is 185 Å². The highest BCUT2D eigenvalue weighted by atomic mass is 16.5. The third-order valence-electron chi connectivity index (χ3n) is 6.11. The fraction of sp³-hybridized carbons (Fsp3) is 0.200. The van der Waals surface area contributed by atoms with Crippen LogP contribution in [0.2, 0.25) is 0 Å². The SMILES string of the molecule is Cc1c(-c2ccc3cc[nH]c3c2)nc(Nc2ccc(N3CCOCC3)cc2)c2nccn12. The lowest BCUT2D eigenvalue weighted by Gasteiger charge is -2.28. The first-order valence-electron chi connectivity index (χ1n) is 10.9. The van der Waals surface area contributed by atoms with Gasteiger partial charge in [-0.2, -0.15) is 0 Å². The van der Waals surface area contributed by atoms with Gasteiger partial charge >= 0.3 is 0 Å². The second-order valence-corrected chi connectivity index (χ2v) is 8.07. The number of nitrogens with zero attached hydrogens (tertiary/aromatic N) is 4. The zero-order valence-corrected chi connectivity index (χ0v) is 17.9. The van der Waals surface area contributed by atoms with E-state index >= 15 is 0 Å². The Morgan fingerprint density at radius 1 is 1.03 bits per heavy atom. The molecule has 3 aromatic heterocycles. The number of aryl methyl sites for hydroxylation is 1. The summed E-state index contributed by atoms with van der Waals surface area (Å²) in [7, 11) is 0. The van der Waals surface area contributed by atoms with E-state index in [0.717, 1.165) is 65.9 Å². The Bertz CT molecular complexity index is 1400. The van der Waals surface area contributed by atoms with Crippen molar-refractivity contribution >= 4 is 33.7 Å². The van der Waals surface area contributed by atoms with Crippen molar-refractivity contribution in [3.05, 3.63) is 72.8 Å². The molecule has 160 valence electrons. The summed E-state index contributed by atoms with van der Waals surface area (Å²) >= 11 is 0. The molecule has 0 aliphatic carbocycles. The molecule has 0 unspecified atom stereocenters. The van der Waals surface area contributed by atoms with Crippen molar-refractivity contribution in [1.82, 2.24) is 19.4 Å². The summed E-state index contributed by atoms with van der Waals surface area (Å²) in [4.78, 5) is 15.2. The van der Waals surface area contributed by atoms with Crippen LogP contribution < -0.4 is 10.2 Å². The minimum absolute atomic E-state index is 0.737. The summed E-state index contributed by atoms with van der Waals surface area (Å²) in [6.45, 7) is 5.49. The van der Waals surface area contributed by atoms with Crippen molar-refractivity contribution in [1.29, 1.82) is 0 Å². The molecule has 0 spiro atoms. The van der Waals surface area contributed by atoms with Gasteiger partial charge in [-0.05, 0) is 48.7 Å². The second kappa shape index (κ2) is 7.69. The van der Waals surface area contributed by atoms with Crippen molar-refractivity contribution < 1.29 is 4.74 Å². The number of benzene rings is 2. The van der Waals surface area contributed by atoms with Gasteiger partial charge in [0.2, 0.25) is 0 Å². The highest BCUT2D eigenvalue weighted by Gasteiger charge is 2.15. The molecule has 7 nitrogen and oxygen atoms in total. The molecule has 2 aromatic carbocycles. The lowest BCUT2D eigenvalue weighted by atomic mass is 10.1. The molecule has 0 radical (unpaired) electrons. The maximum Gasteiger partial charge on any atom is 0.180 e. The maximum absolute atomic E-state index is 5.46. The summed E-state index contributed by atoms with van der Waals surface area (Å²) in [5, 5.41) is 4.68. The van der Waals surface area contributed by atoms with E-state index in [1.807, 2.05) is 18.6 Å². The quantitative estimate of drug-likeness (QED) is 0.435. The summed E-state index contributed by atoms with van der Waals surface area (Å²) < 4.78 is 7.55. The summed E-state index contributed by atoms with van der Waals surface area (Å²) in [6, 6.07) is 16.9. The highest BCUT2D eigenvalue weighted by molar-refractivity contribution is 5.85. The van der Waals surface area contributed by atoms with E-state index in [9.17, 15) is 0 Å². The fourth-order valence-corrected chi connectivity index (χ4v) is 4.37. The van der Waals surface area contributed by atoms with Gasteiger partial charge in [-0.3, -0.25) is 4.40 Å². The number of rotatable bonds is 4. The van der Waals surface area contributed by atoms with Gasteiger partial charge in [-0.15, -0.1) is 0 Å². The van der Waals surface area contributed by atoms with Crippen LogP contribution in [-0.2, 0) is 4.74 Å². The predicted molar refractivity (Wildman–Crippen MR) is 128 cm³/mol. The number of hydrogen-bond donors (Lipinski definition) is 2. The first kappa shape index (κ1) is 18.9. The van der Waals surface area contributed by atoms with Crippen molar-refractivity contribution in [2.45, 2.75) is 6.92 Å². The summed E-state index contributed by atoms with van der Waals surface area (Å²) in [5.74, 6) is 0.737. The zero-order valence-electron chi connectivity index (χ0n) is 17.9. The maximum atomic E-state index is 5.46. The van der Waals surface area contributed by atoms with Crippen molar-refractivity contribution in [2.24, 2.45) is 0 Å². The van der Waals surface area contributed by atoms with Crippen LogP contribution in [0.5, 0.6) is 0 Å². The number of anilines is 3. The third-order valence-corrected chi connectivity index (χ3v) is 6.11. The number of morpholine rings is 1. The van der Waals surface area contributed by atoms with Crippen LogP contribution in [0.25, 0.3) is 27.8 Å². The van der Waals surface area contributed by atoms with Crippen LogP contribution in [0.3, 0.4) is 0 Å². The van der Waals surface area contributed by atoms with Gasteiger partial charge < -0.3 is 19.9 Å². The molecular formula is C25H24N6O. The van der Waals surface area contributed by atoms with Gasteiger partial charge in [0.05, 0.1) is 18.9 Å². The number of imidazole rings is 1. The molecular weight excluding hydrogens is 400 g/mol. The highest BCUT2D eigenvalue weighted by Crippen LogP contribution is 2.30. The lowest BCUT2D eigenvalue weighted by molar-refractivity contribution is 0.122. The molecule has 32 heavy (non-hydrogen) atoms. The van der Waals surface area contributed by atoms with E-state index in [4.69, 9.17) is 9.72 Å². The number of aromatic nitrogens is 4. The van der Waals surface area contributed by atoms with E-state index in [2.05, 4.69) is 80.0 Å². The molecule has 6 rings (SSSR count). The number of nitrogens with one attached hydrogen (secondary N) is 2. The molecule has 0 bridgehead atoms. The predicted octanol–water partition coefficient (Wildman–Crippen LogP) is 4.77. The van der Waals surface area contributed by atoms with Crippen LogP contribution in [0, 0.1) is 6.92 Å². The van der Waals surface area contributed by atoms with Gasteiger partial charge in [0.15, 0.2) is 11.5 Å². The standard InChI is InChI=1S/C25H24N6O/c1-17-23(19-3-2-18-8-9-26-22(18)16-19)29-24(25-27-10-11-31(17)25)28-20-4-6-21(7-5-20)30-12-14-32-15-13-30/h2-11,16,26H,12-15H2,1H3,(H,28,29). The third kappa shape index (κ3) is 3.27. The van der Waals surface area contributed by atoms with Crippen LogP contribution in [0.1, 0.15) is 5.69 Å². The van der Waals surface area contributed by atoms with Crippen LogP contribution in [-0.4, -0.2) is 45.7 Å². The molecule has 1 aliphatic rings. The first-order chi connectivity index (χ1) is 15.8. The van der Waals surface area contributed by atoms with Crippen molar-refractivity contribution in [3.8, 4) is 11.3 Å². The van der Waals surface area contributed by atoms with Crippen LogP contribution >= 0.6 is 0 Å². The van der Waals surface area contributed by atoms with Gasteiger partial charge in [-0.25, -0.2) is 9.97 Å². The molecule has 1 aliphatic heterocycles. The largest absolute Gasteiger partial charge is 0.378 e. The van der Waals surface area contributed by atoms with Gasteiger partial charge in [0.1, 0.15) is 0 Å². The molecule has 0 amide bonds. The van der Waals surface area contributed by atoms with Gasteiger partial charge in [0, 0.05) is 59.8 Å². The molecule has 0 atom stereocenters. The normalized spacial score (nSPS) is 14.3. The number of H-pyrrole nitrogens is 1. The molecule has 1 fully saturated rings. The average Bonchev–Trinajstić information content (AvgIpc) is 3.52. The number of ether oxygens (including phenoxy) is 1. The number of fused-ring (bicyclic) bond motifs is 2. The van der Waals surface area contributed by atoms with Crippen LogP contribution in [0.4, 0.5) is 17.2 Å². The van der Waals surface area contributed by atoms with Crippen LogP contribution in [0.15, 0.2) is 67.1 Å². The van der Waals surface area contributed by atoms with E-state index in [1.165, 1.54) is 11.1 Å². The van der Waals surface area contributed by atoms with E-state index < -0.39 is 0 Å². The summed E-state index contributed by atoms with van der Waals surface area (Å²) in [6.07, 6.45) is 5.76. The van der Waals surface area contributed by atoms with E-state index in [1.54, 1.807) is 0 Å². The Hall–Kier alpha value is -3.84. The Morgan fingerprint density at radius 2 is 1.88 bits per heavy atom. The van der Waals surface area contributed by atoms with E-state index in [0.29, 0.717) is 0 Å².